The number of esters is 2. The van der Waals surface area contributed by atoms with E-state index in [1.807, 2.05) is 74.5 Å². The number of rotatable bonds is 11. The van der Waals surface area contributed by atoms with E-state index in [0.717, 1.165) is 36.8 Å². The van der Waals surface area contributed by atoms with Crippen LogP contribution in [0, 0.1) is 11.8 Å². The summed E-state index contributed by atoms with van der Waals surface area (Å²) < 4.78 is 10.7. The van der Waals surface area contributed by atoms with Crippen molar-refractivity contribution < 1.29 is 19.1 Å². The molecule has 0 amide bonds. The van der Waals surface area contributed by atoms with Crippen LogP contribution in [0.3, 0.4) is 0 Å². The molecule has 150 valence electrons. The molecular formula is C24H30O4. The first kappa shape index (κ1) is 21.7. The molecule has 0 saturated carbocycles. The van der Waals surface area contributed by atoms with Crippen LogP contribution in [0.2, 0.25) is 0 Å². The van der Waals surface area contributed by atoms with Gasteiger partial charge in [0.05, 0.1) is 11.8 Å². The number of carbonyl (C=O) groups excluding carboxylic acids is 2. The first-order valence-electron chi connectivity index (χ1n) is 9.97. The summed E-state index contributed by atoms with van der Waals surface area (Å²) in [5.74, 6) is -0.605. The molecule has 0 aliphatic carbocycles. The molecule has 2 rings (SSSR count). The Morgan fingerprint density at radius 3 is 1.39 bits per heavy atom. The van der Waals surface area contributed by atoms with Gasteiger partial charge in [-0.2, -0.15) is 0 Å². The van der Waals surface area contributed by atoms with Crippen molar-refractivity contribution in [2.45, 2.75) is 52.7 Å². The number of unbranched alkanes of at least 4 members (excludes halogenated alkanes) is 1. The van der Waals surface area contributed by atoms with E-state index in [1.54, 1.807) is 0 Å². The lowest BCUT2D eigenvalue weighted by atomic mass is 9.99. The average Bonchev–Trinajstić information content (AvgIpc) is 2.74. The molecule has 0 fully saturated rings. The van der Waals surface area contributed by atoms with E-state index in [2.05, 4.69) is 0 Å². The fourth-order valence-electron chi connectivity index (χ4n) is 2.88. The summed E-state index contributed by atoms with van der Waals surface area (Å²) in [5.41, 5.74) is 1.98. The summed E-state index contributed by atoms with van der Waals surface area (Å²) in [7, 11) is 0. The maximum absolute atomic E-state index is 12.1. The van der Waals surface area contributed by atoms with Gasteiger partial charge in [0, 0.05) is 0 Å². The van der Waals surface area contributed by atoms with Crippen LogP contribution in [-0.2, 0) is 32.3 Å². The lowest BCUT2D eigenvalue weighted by molar-refractivity contribution is -0.150. The van der Waals surface area contributed by atoms with Gasteiger partial charge in [-0.05, 0) is 24.0 Å². The van der Waals surface area contributed by atoms with Crippen molar-refractivity contribution >= 4 is 11.9 Å². The molecule has 4 heteroatoms. The molecule has 1 unspecified atom stereocenters. The predicted molar refractivity (Wildman–Crippen MR) is 109 cm³/mol. The molecule has 2 aromatic rings. The van der Waals surface area contributed by atoms with E-state index < -0.39 is 0 Å². The lowest BCUT2D eigenvalue weighted by Crippen LogP contribution is -2.16. The molecule has 2 atom stereocenters. The van der Waals surface area contributed by atoms with E-state index in [-0.39, 0.29) is 23.8 Å². The number of hydrogen-bond acceptors (Lipinski definition) is 4. The molecule has 0 heterocycles. The van der Waals surface area contributed by atoms with Gasteiger partial charge in [0.2, 0.25) is 0 Å². The SMILES string of the molecule is CC(CCCC[C@@H](C)C(=O)OCc1ccccc1)C(=O)OCc1ccccc1. The standard InChI is InChI=1S/C24H30O4/c1-19(23(25)27-17-21-13-5-3-6-14-21)11-9-10-12-20(2)24(26)28-18-22-15-7-4-8-16-22/h3-8,13-16,19-20H,9-12,17-18H2,1-2H3/t19-,20?/m1/s1. The topological polar surface area (TPSA) is 52.6 Å². The van der Waals surface area contributed by atoms with Gasteiger partial charge in [-0.25, -0.2) is 0 Å². The van der Waals surface area contributed by atoms with Gasteiger partial charge in [-0.15, -0.1) is 0 Å². The van der Waals surface area contributed by atoms with Crippen molar-refractivity contribution in [3.8, 4) is 0 Å². The third-order valence-corrected chi connectivity index (χ3v) is 4.78. The molecule has 2 aromatic carbocycles. The molecule has 0 radical (unpaired) electrons. The van der Waals surface area contributed by atoms with Crippen molar-refractivity contribution in [2.75, 3.05) is 0 Å². The minimum absolute atomic E-state index is 0.135. The molecule has 0 aromatic heterocycles. The molecule has 0 N–H and O–H groups in total. The highest BCUT2D eigenvalue weighted by Crippen LogP contribution is 2.16. The average molecular weight is 383 g/mol. The van der Waals surface area contributed by atoms with Gasteiger partial charge in [0.25, 0.3) is 0 Å². The van der Waals surface area contributed by atoms with Crippen molar-refractivity contribution in [3.05, 3.63) is 71.8 Å². The summed E-state index contributed by atoms with van der Waals surface area (Å²) in [4.78, 5) is 24.2. The second kappa shape index (κ2) is 12.0. The molecule has 4 nitrogen and oxygen atoms in total. The van der Waals surface area contributed by atoms with E-state index in [1.165, 1.54) is 0 Å². The Balaban J connectivity index is 1.57. The first-order chi connectivity index (χ1) is 13.6. The van der Waals surface area contributed by atoms with Crippen LogP contribution >= 0.6 is 0 Å². The highest BCUT2D eigenvalue weighted by atomic mass is 16.5. The van der Waals surface area contributed by atoms with Crippen molar-refractivity contribution in [1.82, 2.24) is 0 Å². The zero-order valence-corrected chi connectivity index (χ0v) is 16.8. The van der Waals surface area contributed by atoms with Gasteiger partial charge >= 0.3 is 11.9 Å². The molecule has 0 bridgehead atoms. The lowest BCUT2D eigenvalue weighted by Gasteiger charge is -2.13. The van der Waals surface area contributed by atoms with Crippen molar-refractivity contribution in [1.29, 1.82) is 0 Å². The van der Waals surface area contributed by atoms with Gasteiger partial charge in [-0.3, -0.25) is 9.59 Å². The Morgan fingerprint density at radius 1 is 0.679 bits per heavy atom. The third-order valence-electron chi connectivity index (χ3n) is 4.78. The predicted octanol–water partition coefficient (Wildman–Crippen LogP) is 5.31. The maximum atomic E-state index is 12.1. The fourth-order valence-corrected chi connectivity index (χ4v) is 2.88. The van der Waals surface area contributed by atoms with Gasteiger partial charge in [-0.1, -0.05) is 87.4 Å². The Labute approximate surface area is 167 Å². The minimum Gasteiger partial charge on any atom is -0.461 e. The van der Waals surface area contributed by atoms with Crippen molar-refractivity contribution in [2.24, 2.45) is 11.8 Å². The monoisotopic (exact) mass is 382 g/mol. The van der Waals surface area contributed by atoms with Gasteiger partial charge < -0.3 is 9.47 Å². The quantitative estimate of drug-likeness (QED) is 0.391. The fraction of sp³-hybridized carbons (Fsp3) is 0.417. The van der Waals surface area contributed by atoms with Crippen LogP contribution in [0.1, 0.15) is 50.7 Å². The van der Waals surface area contributed by atoms with E-state index >= 15 is 0 Å². The Bertz CT molecular complexity index is 648. The zero-order valence-electron chi connectivity index (χ0n) is 16.8. The number of carbonyl (C=O) groups is 2. The molecule has 0 spiro atoms. The maximum Gasteiger partial charge on any atom is 0.308 e. The summed E-state index contributed by atoms with van der Waals surface area (Å²) in [6.07, 6.45) is 3.30. The van der Waals surface area contributed by atoms with Crippen LogP contribution in [0.25, 0.3) is 0 Å². The molecular weight excluding hydrogens is 352 g/mol. The number of ether oxygens (including phenoxy) is 2. The van der Waals surface area contributed by atoms with E-state index in [9.17, 15) is 9.59 Å². The highest BCUT2D eigenvalue weighted by molar-refractivity contribution is 5.72. The van der Waals surface area contributed by atoms with E-state index in [4.69, 9.17) is 9.47 Å². The summed E-state index contributed by atoms with van der Waals surface area (Å²) >= 11 is 0. The van der Waals surface area contributed by atoms with Crippen molar-refractivity contribution in [3.63, 3.8) is 0 Å². The summed E-state index contributed by atoms with van der Waals surface area (Å²) in [6, 6.07) is 19.4. The summed E-state index contributed by atoms with van der Waals surface area (Å²) in [5, 5.41) is 0. The second-order valence-electron chi connectivity index (χ2n) is 7.27. The Morgan fingerprint density at radius 2 is 1.04 bits per heavy atom. The van der Waals surface area contributed by atoms with Crippen LogP contribution in [0.5, 0.6) is 0 Å². The minimum atomic E-state index is -0.167. The van der Waals surface area contributed by atoms with Crippen LogP contribution in [0.4, 0.5) is 0 Å². The Kier molecular flexibility index (Phi) is 9.26. The van der Waals surface area contributed by atoms with Crippen LogP contribution < -0.4 is 0 Å². The normalized spacial score (nSPS) is 12.8. The van der Waals surface area contributed by atoms with E-state index in [0.29, 0.717) is 13.2 Å². The molecule has 0 aliphatic heterocycles. The van der Waals surface area contributed by atoms with Crippen LogP contribution in [-0.4, -0.2) is 11.9 Å². The number of hydrogen-bond donors (Lipinski definition) is 0. The van der Waals surface area contributed by atoms with Gasteiger partial charge in [0.1, 0.15) is 13.2 Å². The zero-order chi connectivity index (χ0) is 20.2. The van der Waals surface area contributed by atoms with Gasteiger partial charge in [0.15, 0.2) is 0 Å². The molecule has 0 saturated heterocycles. The summed E-state index contributed by atoms with van der Waals surface area (Å²) in [6.45, 7) is 4.42. The smallest absolute Gasteiger partial charge is 0.308 e. The second-order valence-corrected chi connectivity index (χ2v) is 7.27. The molecule has 28 heavy (non-hydrogen) atoms. The largest absolute Gasteiger partial charge is 0.461 e. The number of benzene rings is 2. The van der Waals surface area contributed by atoms with Crippen LogP contribution in [0.15, 0.2) is 60.7 Å². The Hall–Kier alpha value is -2.62. The first-order valence-corrected chi connectivity index (χ1v) is 9.97. The highest BCUT2D eigenvalue weighted by Gasteiger charge is 2.17. The third kappa shape index (κ3) is 7.95. The molecule has 0 aliphatic rings.